The van der Waals surface area contributed by atoms with E-state index < -0.39 is 0 Å². The summed E-state index contributed by atoms with van der Waals surface area (Å²) >= 11 is 0. The number of benzene rings is 1. The van der Waals surface area contributed by atoms with Gasteiger partial charge in [0.05, 0.1) is 6.61 Å². The minimum absolute atomic E-state index is 0.0448. The second-order valence-electron chi connectivity index (χ2n) is 5.94. The van der Waals surface area contributed by atoms with E-state index in [2.05, 4.69) is 11.9 Å². The Labute approximate surface area is 115 Å². The lowest BCUT2D eigenvalue weighted by Crippen LogP contribution is -2.38. The van der Waals surface area contributed by atoms with Crippen LogP contribution in [0.1, 0.15) is 38.5 Å². The van der Waals surface area contributed by atoms with Crippen molar-refractivity contribution in [2.75, 3.05) is 25.1 Å². The van der Waals surface area contributed by atoms with Gasteiger partial charge in [0.25, 0.3) is 0 Å². The molecule has 0 aromatic heterocycles. The van der Waals surface area contributed by atoms with E-state index >= 15 is 0 Å². The third-order valence-electron chi connectivity index (χ3n) is 4.36. The zero-order chi connectivity index (χ0) is 13.7. The number of phenols is 1. The monoisotopic (exact) mass is 263 g/mol. The van der Waals surface area contributed by atoms with Crippen LogP contribution in [-0.4, -0.2) is 30.4 Å². The second-order valence-corrected chi connectivity index (χ2v) is 5.94. The number of aliphatic hydroxyl groups excluding tert-OH is 1. The van der Waals surface area contributed by atoms with Crippen molar-refractivity contribution < 1.29 is 10.2 Å². The lowest BCUT2D eigenvalue weighted by Gasteiger charge is -2.36. The van der Waals surface area contributed by atoms with Crippen molar-refractivity contribution in [1.29, 1.82) is 0 Å². The van der Waals surface area contributed by atoms with Crippen molar-refractivity contribution in [3.05, 3.63) is 24.3 Å². The van der Waals surface area contributed by atoms with Crippen LogP contribution in [0.2, 0.25) is 0 Å². The van der Waals surface area contributed by atoms with Crippen LogP contribution < -0.4 is 4.90 Å². The molecule has 1 aromatic carbocycles. The Bertz CT molecular complexity index is 380. The highest BCUT2D eigenvalue weighted by Gasteiger charge is 2.31. The molecule has 1 saturated carbocycles. The number of aromatic hydroxyl groups is 1. The van der Waals surface area contributed by atoms with E-state index in [4.69, 9.17) is 0 Å². The molecule has 0 spiro atoms. The fourth-order valence-corrected chi connectivity index (χ4v) is 3.15. The summed E-state index contributed by atoms with van der Waals surface area (Å²) in [6.45, 7) is 1.16. The number of anilines is 1. The lowest BCUT2D eigenvalue weighted by atomic mass is 9.80. The van der Waals surface area contributed by atoms with E-state index in [1.54, 1.807) is 12.1 Å². The van der Waals surface area contributed by atoms with Crippen LogP contribution in [0, 0.1) is 5.41 Å². The number of phenolic OH excluding ortho intramolecular Hbond substituents is 1. The first-order valence-corrected chi connectivity index (χ1v) is 7.26. The molecule has 19 heavy (non-hydrogen) atoms. The second kappa shape index (κ2) is 6.29. The molecule has 1 fully saturated rings. The van der Waals surface area contributed by atoms with Crippen LogP contribution in [0.3, 0.4) is 0 Å². The molecule has 2 rings (SSSR count). The summed E-state index contributed by atoms with van der Waals surface area (Å²) in [5.74, 6) is 0.295. The van der Waals surface area contributed by atoms with E-state index in [-0.39, 0.29) is 12.0 Å². The molecule has 0 amide bonds. The van der Waals surface area contributed by atoms with Crippen LogP contribution in [0.25, 0.3) is 0 Å². The quantitative estimate of drug-likeness (QED) is 0.820. The molecule has 0 unspecified atom stereocenters. The van der Waals surface area contributed by atoms with Crippen LogP contribution in [0.4, 0.5) is 5.69 Å². The molecule has 0 aliphatic heterocycles. The lowest BCUT2D eigenvalue weighted by molar-refractivity contribution is 0.113. The van der Waals surface area contributed by atoms with Gasteiger partial charge in [0.2, 0.25) is 0 Å². The first-order valence-electron chi connectivity index (χ1n) is 7.26. The van der Waals surface area contributed by atoms with E-state index in [1.807, 2.05) is 12.1 Å². The summed E-state index contributed by atoms with van der Waals surface area (Å²) in [5, 5.41) is 19.2. The van der Waals surface area contributed by atoms with Gasteiger partial charge in [-0.2, -0.15) is 0 Å². The van der Waals surface area contributed by atoms with Gasteiger partial charge in [-0.1, -0.05) is 25.7 Å². The molecule has 0 saturated heterocycles. The zero-order valence-corrected chi connectivity index (χ0v) is 11.8. The fraction of sp³-hybridized carbons (Fsp3) is 0.625. The van der Waals surface area contributed by atoms with Crippen molar-refractivity contribution in [1.82, 2.24) is 0 Å². The van der Waals surface area contributed by atoms with Gasteiger partial charge in [-0.15, -0.1) is 0 Å². The number of hydrogen-bond acceptors (Lipinski definition) is 3. The molecule has 0 heterocycles. The standard InChI is InChI=1S/C16H25NO2/c1-17(14-6-8-15(19)9-7-14)12-16(13-18)10-4-2-3-5-11-16/h6-9,18-19H,2-5,10-13H2,1H3. The molecule has 0 atom stereocenters. The minimum Gasteiger partial charge on any atom is -0.508 e. The van der Waals surface area contributed by atoms with Gasteiger partial charge < -0.3 is 15.1 Å². The van der Waals surface area contributed by atoms with E-state index in [9.17, 15) is 10.2 Å². The molecule has 1 aliphatic rings. The predicted molar refractivity (Wildman–Crippen MR) is 78.6 cm³/mol. The highest BCUT2D eigenvalue weighted by molar-refractivity contribution is 5.48. The summed E-state index contributed by atoms with van der Waals surface area (Å²) < 4.78 is 0. The van der Waals surface area contributed by atoms with Crippen molar-refractivity contribution >= 4 is 5.69 Å². The highest BCUT2D eigenvalue weighted by atomic mass is 16.3. The van der Waals surface area contributed by atoms with Crippen molar-refractivity contribution in [2.45, 2.75) is 38.5 Å². The Morgan fingerprint density at radius 2 is 1.63 bits per heavy atom. The highest BCUT2D eigenvalue weighted by Crippen LogP contribution is 2.36. The Kier molecular flexibility index (Phi) is 4.70. The van der Waals surface area contributed by atoms with Gasteiger partial charge in [0.1, 0.15) is 5.75 Å². The van der Waals surface area contributed by atoms with Gasteiger partial charge in [0.15, 0.2) is 0 Å². The number of rotatable bonds is 4. The summed E-state index contributed by atoms with van der Waals surface area (Å²) in [6, 6.07) is 7.28. The Balaban J connectivity index is 2.06. The smallest absolute Gasteiger partial charge is 0.115 e. The summed E-state index contributed by atoms with van der Waals surface area (Å²) in [4.78, 5) is 2.20. The van der Waals surface area contributed by atoms with Crippen molar-refractivity contribution in [3.63, 3.8) is 0 Å². The topological polar surface area (TPSA) is 43.7 Å². The SMILES string of the molecule is CN(CC1(CO)CCCCCC1)c1ccc(O)cc1. The Hall–Kier alpha value is -1.22. The zero-order valence-electron chi connectivity index (χ0n) is 11.8. The molecule has 0 radical (unpaired) electrons. The average Bonchev–Trinajstić information content (AvgIpc) is 2.65. The van der Waals surface area contributed by atoms with Crippen molar-refractivity contribution in [3.8, 4) is 5.75 Å². The third-order valence-corrected chi connectivity index (χ3v) is 4.36. The normalized spacial score (nSPS) is 18.8. The number of aliphatic hydroxyl groups is 1. The predicted octanol–water partition coefficient (Wildman–Crippen LogP) is 3.16. The van der Waals surface area contributed by atoms with E-state index in [0.29, 0.717) is 5.75 Å². The van der Waals surface area contributed by atoms with Crippen molar-refractivity contribution in [2.24, 2.45) is 5.41 Å². The number of nitrogens with zero attached hydrogens (tertiary/aromatic N) is 1. The summed E-state index contributed by atoms with van der Waals surface area (Å²) in [5.41, 5.74) is 1.14. The largest absolute Gasteiger partial charge is 0.508 e. The molecule has 3 nitrogen and oxygen atoms in total. The summed E-state index contributed by atoms with van der Waals surface area (Å²) in [7, 11) is 2.06. The maximum absolute atomic E-state index is 9.84. The van der Waals surface area contributed by atoms with Gasteiger partial charge in [0, 0.05) is 24.7 Å². The molecule has 1 aliphatic carbocycles. The van der Waals surface area contributed by atoms with Gasteiger partial charge in [-0.3, -0.25) is 0 Å². The maximum Gasteiger partial charge on any atom is 0.115 e. The molecule has 2 N–H and O–H groups in total. The van der Waals surface area contributed by atoms with Gasteiger partial charge >= 0.3 is 0 Å². The van der Waals surface area contributed by atoms with E-state index in [1.165, 1.54) is 25.7 Å². The first-order chi connectivity index (χ1) is 9.15. The number of hydrogen-bond donors (Lipinski definition) is 2. The van der Waals surface area contributed by atoms with Crippen LogP contribution in [0.15, 0.2) is 24.3 Å². The van der Waals surface area contributed by atoms with Crippen LogP contribution >= 0.6 is 0 Å². The van der Waals surface area contributed by atoms with Crippen LogP contribution in [0.5, 0.6) is 5.75 Å². The average molecular weight is 263 g/mol. The molecule has 0 bridgehead atoms. The third kappa shape index (κ3) is 3.63. The molecule has 3 heteroatoms. The van der Waals surface area contributed by atoms with Crippen LogP contribution in [-0.2, 0) is 0 Å². The molecular formula is C16H25NO2. The Morgan fingerprint density at radius 1 is 1.05 bits per heavy atom. The maximum atomic E-state index is 9.84. The summed E-state index contributed by atoms with van der Waals surface area (Å²) in [6.07, 6.45) is 7.28. The van der Waals surface area contributed by atoms with Gasteiger partial charge in [-0.25, -0.2) is 0 Å². The van der Waals surface area contributed by atoms with E-state index in [0.717, 1.165) is 25.1 Å². The molecule has 106 valence electrons. The first kappa shape index (κ1) is 14.2. The van der Waals surface area contributed by atoms with Gasteiger partial charge in [-0.05, 0) is 37.1 Å². The molecular weight excluding hydrogens is 238 g/mol. The minimum atomic E-state index is 0.0448. The fourth-order valence-electron chi connectivity index (χ4n) is 3.15. The Morgan fingerprint density at radius 3 is 2.16 bits per heavy atom. The molecule has 1 aromatic rings.